The van der Waals surface area contributed by atoms with Crippen LogP contribution in [-0.4, -0.2) is 40.9 Å². The number of carbonyl (C=O) groups excluding carboxylic acids is 1. The Morgan fingerprint density at radius 1 is 0.933 bits per heavy atom. The Bertz CT molecular complexity index is 462. The highest BCUT2D eigenvalue weighted by Gasteiger charge is 2.23. The predicted octanol–water partition coefficient (Wildman–Crippen LogP) is 5.79. The van der Waals surface area contributed by atoms with Gasteiger partial charge in [-0.05, 0) is 52.9 Å². The van der Waals surface area contributed by atoms with E-state index in [1.54, 1.807) is 20.8 Å². The molecule has 1 atom stereocenters. The van der Waals surface area contributed by atoms with E-state index in [0.29, 0.717) is 6.42 Å². The van der Waals surface area contributed by atoms with Gasteiger partial charge >= 0.3 is 12.1 Å². The van der Waals surface area contributed by atoms with Gasteiger partial charge in [-0.15, -0.1) is 0 Å². The molecule has 0 bridgehead atoms. The number of alkyl carbamates (subject to hydrolysis) is 1. The fourth-order valence-corrected chi connectivity index (χ4v) is 4.18. The molecule has 6 heteroatoms. The van der Waals surface area contributed by atoms with Gasteiger partial charge in [0.1, 0.15) is 11.6 Å². The fraction of sp³-hybridized carbons (Fsp3) is 0.917. The number of aliphatic carboxylic acids is 1. The number of hydrogen-bond donors (Lipinski definition) is 3. The monoisotopic (exact) mass is 426 g/mol. The van der Waals surface area contributed by atoms with Crippen LogP contribution in [0.15, 0.2) is 0 Å². The first-order valence-electron chi connectivity index (χ1n) is 12.2. The molecule has 0 heterocycles. The molecule has 0 radical (unpaired) electrons. The third-order valence-electron chi connectivity index (χ3n) is 5.77. The van der Waals surface area contributed by atoms with Crippen LogP contribution < -0.4 is 10.6 Å². The van der Waals surface area contributed by atoms with E-state index >= 15 is 0 Å². The van der Waals surface area contributed by atoms with Crippen molar-refractivity contribution in [3.05, 3.63) is 0 Å². The van der Waals surface area contributed by atoms with Crippen LogP contribution in [0.4, 0.5) is 4.79 Å². The first-order valence-corrected chi connectivity index (χ1v) is 12.2. The van der Waals surface area contributed by atoms with E-state index in [1.807, 2.05) is 6.92 Å². The quantitative estimate of drug-likeness (QED) is 0.428. The summed E-state index contributed by atoms with van der Waals surface area (Å²) < 4.78 is 5.01. The van der Waals surface area contributed by atoms with E-state index in [1.165, 1.54) is 64.2 Å². The van der Waals surface area contributed by atoms with Crippen molar-refractivity contribution in [2.75, 3.05) is 0 Å². The van der Waals surface area contributed by atoms with E-state index in [-0.39, 0.29) is 0 Å². The molecule has 0 aromatic heterocycles. The maximum atomic E-state index is 11.4. The summed E-state index contributed by atoms with van der Waals surface area (Å²) in [6.07, 6.45) is 17.1. The molecule has 2 aliphatic carbocycles. The van der Waals surface area contributed by atoms with Crippen LogP contribution in [0, 0.1) is 0 Å². The molecule has 0 aromatic carbocycles. The topological polar surface area (TPSA) is 87.7 Å². The summed E-state index contributed by atoms with van der Waals surface area (Å²) in [7, 11) is 0. The lowest BCUT2D eigenvalue weighted by Crippen LogP contribution is -2.43. The SMILES string of the molecule is C1CCC(NC2CCCCC2)CC1.CCCCC[C@H](NC(=O)OC(C)(C)C)C(=O)O. The number of amides is 1. The Morgan fingerprint density at radius 3 is 1.83 bits per heavy atom. The van der Waals surface area contributed by atoms with Gasteiger partial charge in [0.15, 0.2) is 0 Å². The highest BCUT2D eigenvalue weighted by Crippen LogP contribution is 2.22. The van der Waals surface area contributed by atoms with Crippen molar-refractivity contribution in [3.8, 4) is 0 Å². The third kappa shape index (κ3) is 13.1. The average molecular weight is 427 g/mol. The molecule has 2 fully saturated rings. The van der Waals surface area contributed by atoms with Crippen molar-refractivity contribution < 1.29 is 19.4 Å². The zero-order valence-electron chi connectivity index (χ0n) is 19.8. The lowest BCUT2D eigenvalue weighted by molar-refractivity contribution is -0.139. The lowest BCUT2D eigenvalue weighted by atomic mass is 9.91. The molecular formula is C24H46N2O4. The fourth-order valence-electron chi connectivity index (χ4n) is 4.18. The number of unbranched alkanes of at least 4 members (excludes halogenated alkanes) is 2. The van der Waals surface area contributed by atoms with E-state index in [2.05, 4.69) is 10.6 Å². The van der Waals surface area contributed by atoms with Gasteiger partial charge in [-0.3, -0.25) is 0 Å². The second-order valence-corrected chi connectivity index (χ2v) is 9.87. The van der Waals surface area contributed by atoms with Gasteiger partial charge in [0.25, 0.3) is 0 Å². The maximum absolute atomic E-state index is 11.4. The summed E-state index contributed by atoms with van der Waals surface area (Å²) in [4.78, 5) is 22.3. The number of rotatable bonds is 8. The van der Waals surface area contributed by atoms with Gasteiger partial charge in [0.05, 0.1) is 0 Å². The van der Waals surface area contributed by atoms with E-state index in [0.717, 1.165) is 31.3 Å². The molecule has 2 aliphatic rings. The largest absolute Gasteiger partial charge is 0.480 e. The van der Waals surface area contributed by atoms with Crippen molar-refractivity contribution in [3.63, 3.8) is 0 Å². The van der Waals surface area contributed by atoms with Gasteiger partial charge in [0.2, 0.25) is 0 Å². The average Bonchev–Trinajstić information content (AvgIpc) is 2.68. The van der Waals surface area contributed by atoms with Crippen molar-refractivity contribution in [2.45, 2.75) is 141 Å². The zero-order chi connectivity index (χ0) is 22.4. The Hall–Kier alpha value is -1.30. The lowest BCUT2D eigenvalue weighted by Gasteiger charge is -2.30. The van der Waals surface area contributed by atoms with Crippen molar-refractivity contribution in [1.29, 1.82) is 0 Å². The highest BCUT2D eigenvalue weighted by atomic mass is 16.6. The summed E-state index contributed by atoms with van der Waals surface area (Å²) in [6, 6.07) is 0.880. The Labute approximate surface area is 183 Å². The Balaban J connectivity index is 0.000000308. The van der Waals surface area contributed by atoms with Crippen LogP contribution >= 0.6 is 0 Å². The molecule has 176 valence electrons. The van der Waals surface area contributed by atoms with Crippen LogP contribution in [0.1, 0.15) is 118 Å². The highest BCUT2D eigenvalue weighted by molar-refractivity contribution is 5.79. The molecular weight excluding hydrogens is 380 g/mol. The molecule has 0 unspecified atom stereocenters. The normalized spacial score (nSPS) is 19.3. The molecule has 0 aromatic rings. The molecule has 0 aliphatic heterocycles. The minimum absolute atomic E-state index is 0.433. The summed E-state index contributed by atoms with van der Waals surface area (Å²) in [6.45, 7) is 7.25. The number of hydrogen-bond acceptors (Lipinski definition) is 4. The molecule has 30 heavy (non-hydrogen) atoms. The van der Waals surface area contributed by atoms with E-state index in [4.69, 9.17) is 9.84 Å². The number of carbonyl (C=O) groups is 2. The number of nitrogens with one attached hydrogen (secondary N) is 2. The van der Waals surface area contributed by atoms with Gasteiger partial charge in [-0.2, -0.15) is 0 Å². The van der Waals surface area contributed by atoms with Gasteiger partial charge < -0.3 is 20.5 Å². The summed E-state index contributed by atoms with van der Waals surface area (Å²) in [5, 5.41) is 15.2. The number of ether oxygens (including phenoxy) is 1. The van der Waals surface area contributed by atoms with Gasteiger partial charge in [0, 0.05) is 12.1 Å². The van der Waals surface area contributed by atoms with Crippen LogP contribution in [0.5, 0.6) is 0 Å². The number of carboxylic acid groups (broad SMARTS) is 1. The second-order valence-electron chi connectivity index (χ2n) is 9.87. The van der Waals surface area contributed by atoms with Gasteiger partial charge in [-0.1, -0.05) is 64.7 Å². The summed E-state index contributed by atoms with van der Waals surface area (Å²) in [5.41, 5.74) is -0.615. The molecule has 0 spiro atoms. The minimum Gasteiger partial charge on any atom is -0.480 e. The zero-order valence-corrected chi connectivity index (χ0v) is 19.8. The van der Waals surface area contributed by atoms with E-state index in [9.17, 15) is 9.59 Å². The van der Waals surface area contributed by atoms with Crippen LogP contribution in [0.25, 0.3) is 0 Å². The first-order chi connectivity index (χ1) is 14.2. The van der Waals surface area contributed by atoms with Crippen molar-refractivity contribution >= 4 is 12.1 Å². The molecule has 3 N–H and O–H groups in total. The van der Waals surface area contributed by atoms with Gasteiger partial charge in [-0.25, -0.2) is 9.59 Å². The van der Waals surface area contributed by atoms with Crippen LogP contribution in [-0.2, 0) is 9.53 Å². The van der Waals surface area contributed by atoms with Crippen molar-refractivity contribution in [1.82, 2.24) is 10.6 Å². The summed E-state index contributed by atoms with van der Waals surface area (Å²) >= 11 is 0. The third-order valence-corrected chi connectivity index (χ3v) is 5.77. The maximum Gasteiger partial charge on any atom is 0.408 e. The smallest absolute Gasteiger partial charge is 0.408 e. The Morgan fingerprint density at radius 2 is 1.43 bits per heavy atom. The minimum atomic E-state index is -1.02. The van der Waals surface area contributed by atoms with E-state index < -0.39 is 23.7 Å². The first kappa shape index (κ1) is 26.7. The van der Waals surface area contributed by atoms with Crippen LogP contribution in [0.3, 0.4) is 0 Å². The molecule has 2 rings (SSSR count). The predicted molar refractivity (Wildman–Crippen MR) is 122 cm³/mol. The van der Waals surface area contributed by atoms with Crippen LogP contribution in [0.2, 0.25) is 0 Å². The standard InChI is InChI=1S/C12H23NO4.C12H23N/c1-5-6-7-8-9(10(14)15)13-11(16)17-12(2,3)4;1-3-7-11(8-4-1)13-12-9-5-2-6-10-12/h9H,5-8H2,1-4H3,(H,13,16)(H,14,15);11-13H,1-10H2/t9-;/m0./s1. The number of carboxylic acids is 1. The molecule has 6 nitrogen and oxygen atoms in total. The Kier molecular flexibility index (Phi) is 13.1. The molecule has 2 saturated carbocycles. The van der Waals surface area contributed by atoms with Crippen molar-refractivity contribution in [2.24, 2.45) is 0 Å². The molecule has 0 saturated heterocycles. The second kappa shape index (κ2) is 14.7. The molecule has 1 amide bonds. The summed E-state index contributed by atoms with van der Waals surface area (Å²) in [5.74, 6) is -1.02.